The summed E-state index contributed by atoms with van der Waals surface area (Å²) in [6, 6.07) is 21.2. The summed E-state index contributed by atoms with van der Waals surface area (Å²) in [5.74, 6) is 0.835. The molecule has 1 heteroatoms. The Morgan fingerprint density at radius 2 is 1.24 bits per heavy atom. The molecule has 2 N–H and O–H groups in total. The van der Waals surface area contributed by atoms with Crippen LogP contribution < -0.4 is 5.73 Å². The van der Waals surface area contributed by atoms with Crippen LogP contribution in [-0.4, -0.2) is 6.54 Å². The Balaban J connectivity index is 2.39. The second-order valence-corrected chi connectivity index (χ2v) is 4.51. The minimum Gasteiger partial charge on any atom is -0.330 e. The second kappa shape index (κ2) is 5.65. The van der Waals surface area contributed by atoms with Crippen molar-refractivity contribution in [2.45, 2.75) is 12.8 Å². The van der Waals surface area contributed by atoms with E-state index in [0.717, 1.165) is 0 Å². The molecule has 88 valence electrons. The molecule has 0 aliphatic carbocycles. The first-order chi connectivity index (χ1) is 8.33. The molecule has 0 aliphatic heterocycles. The summed E-state index contributed by atoms with van der Waals surface area (Å²) >= 11 is 0. The number of nitrogens with two attached hydrogens (primary N) is 1. The zero-order chi connectivity index (χ0) is 12.1. The predicted octanol–water partition coefficient (Wildman–Crippen LogP) is 3.41. The zero-order valence-electron chi connectivity index (χ0n) is 10.2. The smallest absolute Gasteiger partial charge is 0.0127 e. The van der Waals surface area contributed by atoms with Crippen molar-refractivity contribution in [2.24, 2.45) is 11.7 Å². The topological polar surface area (TPSA) is 26.0 Å². The van der Waals surface area contributed by atoms with Gasteiger partial charge in [0, 0.05) is 5.92 Å². The fourth-order valence-electron chi connectivity index (χ4n) is 2.31. The van der Waals surface area contributed by atoms with Crippen LogP contribution in [0.5, 0.6) is 0 Å². The highest BCUT2D eigenvalue weighted by molar-refractivity contribution is 5.33. The summed E-state index contributed by atoms with van der Waals surface area (Å²) in [7, 11) is 0. The fourth-order valence-corrected chi connectivity index (χ4v) is 2.31. The van der Waals surface area contributed by atoms with Crippen molar-refractivity contribution in [1.82, 2.24) is 0 Å². The van der Waals surface area contributed by atoms with Gasteiger partial charge in [-0.1, -0.05) is 67.6 Å². The lowest BCUT2D eigenvalue weighted by atomic mass is 9.82. The summed E-state index contributed by atoms with van der Waals surface area (Å²) in [6.45, 7) is 2.92. The van der Waals surface area contributed by atoms with Crippen LogP contribution in [0.25, 0.3) is 0 Å². The predicted molar refractivity (Wildman–Crippen MR) is 72.9 cm³/mol. The van der Waals surface area contributed by atoms with Gasteiger partial charge in [0.2, 0.25) is 0 Å². The molecule has 1 nitrogen and oxygen atoms in total. The van der Waals surface area contributed by atoms with Crippen molar-refractivity contribution in [2.75, 3.05) is 6.54 Å². The Bertz CT molecular complexity index is 396. The Labute approximate surface area is 103 Å². The second-order valence-electron chi connectivity index (χ2n) is 4.51. The first kappa shape index (κ1) is 11.9. The molecule has 0 fully saturated rings. The zero-order valence-corrected chi connectivity index (χ0v) is 10.2. The molecule has 0 aliphatic rings. The average molecular weight is 225 g/mol. The van der Waals surface area contributed by atoms with Crippen molar-refractivity contribution in [1.29, 1.82) is 0 Å². The third kappa shape index (κ3) is 2.75. The van der Waals surface area contributed by atoms with Crippen LogP contribution in [0, 0.1) is 5.92 Å². The molecule has 0 amide bonds. The lowest BCUT2D eigenvalue weighted by Crippen LogP contribution is -2.20. The molecule has 2 aromatic carbocycles. The van der Waals surface area contributed by atoms with E-state index in [1.54, 1.807) is 0 Å². The Kier molecular flexibility index (Phi) is 3.94. The molecule has 2 aromatic rings. The molecular weight excluding hydrogens is 206 g/mol. The largest absolute Gasteiger partial charge is 0.330 e. The molecule has 0 saturated heterocycles. The molecule has 0 saturated carbocycles. The molecule has 2 rings (SSSR count). The molecule has 0 bridgehead atoms. The van der Waals surface area contributed by atoms with Gasteiger partial charge in [-0.2, -0.15) is 0 Å². The van der Waals surface area contributed by atoms with Crippen LogP contribution >= 0.6 is 0 Å². The molecule has 17 heavy (non-hydrogen) atoms. The van der Waals surface area contributed by atoms with Crippen molar-refractivity contribution in [3.63, 3.8) is 0 Å². The van der Waals surface area contributed by atoms with Gasteiger partial charge < -0.3 is 5.73 Å². The first-order valence-electron chi connectivity index (χ1n) is 6.13. The number of rotatable bonds is 4. The van der Waals surface area contributed by atoms with Gasteiger partial charge in [0.05, 0.1) is 0 Å². The van der Waals surface area contributed by atoms with Gasteiger partial charge in [-0.3, -0.25) is 0 Å². The summed E-state index contributed by atoms with van der Waals surface area (Å²) in [6.07, 6.45) is 0. The molecule has 1 unspecified atom stereocenters. The number of hydrogen-bond donors (Lipinski definition) is 1. The monoisotopic (exact) mass is 225 g/mol. The van der Waals surface area contributed by atoms with Crippen LogP contribution in [0.15, 0.2) is 60.7 Å². The van der Waals surface area contributed by atoms with Crippen molar-refractivity contribution in [3.05, 3.63) is 71.8 Å². The fraction of sp³-hybridized carbons (Fsp3) is 0.250. The first-order valence-corrected chi connectivity index (χ1v) is 6.13. The normalized spacial score (nSPS) is 12.6. The summed E-state index contributed by atoms with van der Waals surface area (Å²) in [5.41, 5.74) is 8.54. The van der Waals surface area contributed by atoms with E-state index in [2.05, 4.69) is 67.6 Å². The van der Waals surface area contributed by atoms with Crippen molar-refractivity contribution < 1.29 is 0 Å². The number of hydrogen-bond acceptors (Lipinski definition) is 1. The highest BCUT2D eigenvalue weighted by atomic mass is 14.5. The lowest BCUT2D eigenvalue weighted by molar-refractivity contribution is 0.524. The minimum absolute atomic E-state index is 0.391. The van der Waals surface area contributed by atoms with E-state index < -0.39 is 0 Å². The Morgan fingerprint density at radius 1 is 0.824 bits per heavy atom. The van der Waals surface area contributed by atoms with Crippen LogP contribution in [0.4, 0.5) is 0 Å². The van der Waals surface area contributed by atoms with Gasteiger partial charge in [-0.15, -0.1) is 0 Å². The maximum Gasteiger partial charge on any atom is 0.0127 e. The van der Waals surface area contributed by atoms with Crippen LogP contribution in [0.1, 0.15) is 24.0 Å². The van der Waals surface area contributed by atoms with E-state index >= 15 is 0 Å². The SMILES string of the molecule is CC(CN)C(c1ccccc1)c1ccccc1. The van der Waals surface area contributed by atoms with Gasteiger partial charge in [-0.05, 0) is 23.6 Å². The van der Waals surface area contributed by atoms with Crippen LogP contribution in [0.3, 0.4) is 0 Å². The van der Waals surface area contributed by atoms with Crippen molar-refractivity contribution >= 4 is 0 Å². The lowest BCUT2D eigenvalue weighted by Gasteiger charge is -2.23. The van der Waals surface area contributed by atoms with Gasteiger partial charge in [0.15, 0.2) is 0 Å². The molecule has 0 heterocycles. The highest BCUT2D eigenvalue weighted by Crippen LogP contribution is 2.31. The molecule has 0 aromatic heterocycles. The third-order valence-corrected chi connectivity index (χ3v) is 3.26. The van der Waals surface area contributed by atoms with E-state index in [1.807, 2.05) is 0 Å². The van der Waals surface area contributed by atoms with Gasteiger partial charge in [0.1, 0.15) is 0 Å². The summed E-state index contributed by atoms with van der Waals surface area (Å²) in [5, 5.41) is 0. The van der Waals surface area contributed by atoms with E-state index in [4.69, 9.17) is 5.73 Å². The van der Waals surface area contributed by atoms with E-state index in [9.17, 15) is 0 Å². The average Bonchev–Trinajstić information content (AvgIpc) is 2.41. The minimum atomic E-state index is 0.391. The molecule has 1 atom stereocenters. The van der Waals surface area contributed by atoms with Gasteiger partial charge in [0.25, 0.3) is 0 Å². The van der Waals surface area contributed by atoms with Crippen molar-refractivity contribution in [3.8, 4) is 0 Å². The van der Waals surface area contributed by atoms with Crippen LogP contribution in [-0.2, 0) is 0 Å². The molecule has 0 radical (unpaired) electrons. The third-order valence-electron chi connectivity index (χ3n) is 3.26. The van der Waals surface area contributed by atoms with E-state index in [1.165, 1.54) is 11.1 Å². The highest BCUT2D eigenvalue weighted by Gasteiger charge is 2.19. The van der Waals surface area contributed by atoms with E-state index in [0.29, 0.717) is 18.4 Å². The van der Waals surface area contributed by atoms with E-state index in [-0.39, 0.29) is 0 Å². The van der Waals surface area contributed by atoms with Gasteiger partial charge >= 0.3 is 0 Å². The summed E-state index contributed by atoms with van der Waals surface area (Å²) in [4.78, 5) is 0. The maximum atomic E-state index is 5.85. The van der Waals surface area contributed by atoms with Gasteiger partial charge in [-0.25, -0.2) is 0 Å². The quantitative estimate of drug-likeness (QED) is 0.847. The van der Waals surface area contributed by atoms with Crippen LogP contribution in [0.2, 0.25) is 0 Å². The molecular formula is C16H19N. The standard InChI is InChI=1S/C16H19N/c1-13(12-17)16(14-8-4-2-5-9-14)15-10-6-3-7-11-15/h2-11,13,16H,12,17H2,1H3. The Hall–Kier alpha value is -1.60. The number of benzene rings is 2. The molecule has 0 spiro atoms. The maximum absolute atomic E-state index is 5.85. The Morgan fingerprint density at radius 3 is 1.59 bits per heavy atom. The summed E-state index contributed by atoms with van der Waals surface area (Å²) < 4.78 is 0.